The van der Waals surface area contributed by atoms with Crippen molar-refractivity contribution < 1.29 is 14.7 Å². The van der Waals surface area contributed by atoms with E-state index in [-0.39, 0.29) is 12.1 Å². The number of amides is 2. The molecule has 4 rings (SSSR count). The van der Waals surface area contributed by atoms with Crippen LogP contribution < -0.4 is 0 Å². The molecule has 140 valence electrons. The van der Waals surface area contributed by atoms with E-state index < -0.39 is 5.97 Å². The number of carboxylic acids is 1. The van der Waals surface area contributed by atoms with Crippen LogP contribution in [0.4, 0.5) is 4.79 Å². The predicted octanol–water partition coefficient (Wildman–Crippen LogP) is 2.64. The third-order valence-electron chi connectivity index (χ3n) is 6.09. The van der Waals surface area contributed by atoms with Crippen LogP contribution in [0, 0.1) is 0 Å². The smallest absolute Gasteiger partial charge is 0.335 e. The molecular formula is C20H27N3O3. The van der Waals surface area contributed by atoms with E-state index in [4.69, 9.17) is 5.11 Å². The van der Waals surface area contributed by atoms with Crippen LogP contribution in [-0.4, -0.2) is 70.1 Å². The number of hydrogen-bond donors (Lipinski definition) is 1. The van der Waals surface area contributed by atoms with Crippen molar-refractivity contribution in [3.8, 4) is 0 Å². The second-order valence-corrected chi connectivity index (χ2v) is 7.81. The standard InChI is InChI=1S/C20H27N3O3/c24-19(25)16-8-6-15(7-9-16)12-21-10-11-22-18(13-21)14-23(20(22)26)17-4-2-1-3-5-17/h6-9,17-18H,1-5,10-14H2,(H,24,25)/t18-/m1/s1. The van der Waals surface area contributed by atoms with Crippen molar-refractivity contribution in [3.05, 3.63) is 35.4 Å². The molecule has 6 nitrogen and oxygen atoms in total. The molecule has 3 fully saturated rings. The summed E-state index contributed by atoms with van der Waals surface area (Å²) in [6, 6.07) is 8.09. The minimum atomic E-state index is -0.891. The molecule has 1 aromatic carbocycles. The molecule has 1 aromatic rings. The molecule has 3 aliphatic rings. The molecule has 0 aromatic heterocycles. The second kappa shape index (κ2) is 7.27. The lowest BCUT2D eigenvalue weighted by molar-refractivity contribution is 0.0697. The number of carbonyl (C=O) groups excluding carboxylic acids is 1. The Morgan fingerprint density at radius 2 is 1.69 bits per heavy atom. The largest absolute Gasteiger partial charge is 0.478 e. The Kier molecular flexibility index (Phi) is 4.85. The quantitative estimate of drug-likeness (QED) is 0.900. The first kappa shape index (κ1) is 17.3. The van der Waals surface area contributed by atoms with E-state index in [9.17, 15) is 9.59 Å². The van der Waals surface area contributed by atoms with E-state index >= 15 is 0 Å². The number of hydrogen-bond acceptors (Lipinski definition) is 3. The SMILES string of the molecule is O=C(O)c1ccc(CN2CCN3C(=O)N(C4CCCCC4)C[C@H]3C2)cc1. The lowest BCUT2D eigenvalue weighted by atomic mass is 9.94. The number of fused-ring (bicyclic) bond motifs is 1. The summed E-state index contributed by atoms with van der Waals surface area (Å²) in [4.78, 5) is 30.3. The number of carboxylic acid groups (broad SMARTS) is 1. The molecule has 0 bridgehead atoms. The summed E-state index contributed by atoms with van der Waals surface area (Å²) in [7, 11) is 0. The molecule has 26 heavy (non-hydrogen) atoms. The predicted molar refractivity (Wildman–Crippen MR) is 98.1 cm³/mol. The Hall–Kier alpha value is -2.08. The fourth-order valence-electron chi connectivity index (χ4n) is 4.65. The molecule has 0 radical (unpaired) electrons. The summed E-state index contributed by atoms with van der Waals surface area (Å²) in [5.41, 5.74) is 1.44. The van der Waals surface area contributed by atoms with Gasteiger partial charge in [0.1, 0.15) is 0 Å². The molecule has 2 saturated heterocycles. The van der Waals surface area contributed by atoms with E-state index in [0.29, 0.717) is 11.6 Å². The lowest BCUT2D eigenvalue weighted by Gasteiger charge is -2.36. The molecule has 2 heterocycles. The number of aromatic carboxylic acids is 1. The summed E-state index contributed by atoms with van der Waals surface area (Å²) in [5, 5.41) is 9.00. The molecule has 1 saturated carbocycles. The summed E-state index contributed by atoms with van der Waals surface area (Å²) < 4.78 is 0. The maximum atomic E-state index is 12.8. The van der Waals surface area contributed by atoms with E-state index in [0.717, 1.165) is 51.1 Å². The first-order chi connectivity index (χ1) is 12.6. The first-order valence-electron chi connectivity index (χ1n) is 9.73. The minimum absolute atomic E-state index is 0.243. The Labute approximate surface area is 154 Å². The van der Waals surface area contributed by atoms with Crippen LogP contribution in [0.3, 0.4) is 0 Å². The maximum Gasteiger partial charge on any atom is 0.335 e. The van der Waals surface area contributed by atoms with E-state index in [1.165, 1.54) is 19.3 Å². The minimum Gasteiger partial charge on any atom is -0.478 e. The Bertz CT molecular complexity index is 669. The topological polar surface area (TPSA) is 64.1 Å². The zero-order valence-corrected chi connectivity index (χ0v) is 15.1. The van der Waals surface area contributed by atoms with Gasteiger partial charge < -0.3 is 14.9 Å². The third-order valence-corrected chi connectivity index (χ3v) is 6.09. The highest BCUT2D eigenvalue weighted by atomic mass is 16.4. The number of rotatable bonds is 4. The normalized spacial score (nSPS) is 24.8. The number of benzene rings is 1. The van der Waals surface area contributed by atoms with E-state index in [2.05, 4.69) is 14.7 Å². The lowest BCUT2D eigenvalue weighted by Crippen LogP contribution is -2.51. The van der Waals surface area contributed by atoms with Gasteiger partial charge >= 0.3 is 12.0 Å². The van der Waals surface area contributed by atoms with Crippen molar-refractivity contribution in [3.63, 3.8) is 0 Å². The Balaban J connectivity index is 1.36. The zero-order valence-electron chi connectivity index (χ0n) is 15.1. The van der Waals surface area contributed by atoms with E-state index in [1.54, 1.807) is 12.1 Å². The maximum absolute atomic E-state index is 12.8. The van der Waals surface area contributed by atoms with Crippen LogP contribution >= 0.6 is 0 Å². The number of carbonyl (C=O) groups is 2. The zero-order chi connectivity index (χ0) is 18.1. The highest BCUT2D eigenvalue weighted by Gasteiger charge is 2.43. The number of piperazine rings is 1. The van der Waals surface area contributed by atoms with Gasteiger partial charge in [0.2, 0.25) is 0 Å². The van der Waals surface area contributed by atoms with Crippen LogP contribution in [0.15, 0.2) is 24.3 Å². The molecule has 1 N–H and O–H groups in total. The first-order valence-corrected chi connectivity index (χ1v) is 9.73. The average Bonchev–Trinajstić information content (AvgIpc) is 2.99. The summed E-state index contributed by atoms with van der Waals surface area (Å²) in [5.74, 6) is -0.891. The van der Waals surface area contributed by atoms with E-state index in [1.807, 2.05) is 12.1 Å². The highest BCUT2D eigenvalue weighted by Crippen LogP contribution is 2.29. The van der Waals surface area contributed by atoms with Gasteiger partial charge in [-0.2, -0.15) is 0 Å². The van der Waals surface area contributed by atoms with Gasteiger partial charge in [0, 0.05) is 38.8 Å². The fraction of sp³-hybridized carbons (Fsp3) is 0.600. The van der Waals surface area contributed by atoms with Gasteiger partial charge in [-0.25, -0.2) is 9.59 Å². The van der Waals surface area contributed by atoms with Crippen LogP contribution in [0.5, 0.6) is 0 Å². The van der Waals surface area contributed by atoms with Crippen LogP contribution in [0.2, 0.25) is 0 Å². The van der Waals surface area contributed by atoms with Crippen LogP contribution in [0.25, 0.3) is 0 Å². The van der Waals surface area contributed by atoms with Crippen molar-refractivity contribution in [1.29, 1.82) is 0 Å². The van der Waals surface area contributed by atoms with Crippen LogP contribution in [-0.2, 0) is 6.54 Å². The van der Waals surface area contributed by atoms with Crippen LogP contribution in [0.1, 0.15) is 48.0 Å². The summed E-state index contributed by atoms with van der Waals surface area (Å²) in [6.45, 7) is 4.23. The van der Waals surface area contributed by atoms with Crippen molar-refractivity contribution >= 4 is 12.0 Å². The van der Waals surface area contributed by atoms with Gasteiger partial charge in [-0.3, -0.25) is 4.90 Å². The molecule has 1 aliphatic carbocycles. The van der Waals surface area contributed by atoms with Crippen molar-refractivity contribution in [2.45, 2.75) is 50.7 Å². The monoisotopic (exact) mass is 357 g/mol. The fourth-order valence-corrected chi connectivity index (χ4v) is 4.65. The van der Waals surface area contributed by atoms with Crippen molar-refractivity contribution in [2.75, 3.05) is 26.2 Å². The molecule has 6 heteroatoms. The molecule has 0 spiro atoms. The van der Waals surface area contributed by atoms with Gasteiger partial charge in [-0.05, 0) is 30.5 Å². The second-order valence-electron chi connectivity index (χ2n) is 7.81. The summed E-state index contributed by atoms with van der Waals surface area (Å²) >= 11 is 0. The molecule has 0 unspecified atom stereocenters. The molecule has 1 atom stereocenters. The van der Waals surface area contributed by atoms with Gasteiger partial charge in [-0.1, -0.05) is 31.4 Å². The molecular weight excluding hydrogens is 330 g/mol. The Morgan fingerprint density at radius 1 is 0.962 bits per heavy atom. The Morgan fingerprint density at radius 3 is 2.38 bits per heavy atom. The molecule has 2 aliphatic heterocycles. The van der Waals surface area contributed by atoms with Gasteiger partial charge in [0.15, 0.2) is 0 Å². The van der Waals surface area contributed by atoms with Gasteiger partial charge in [0.05, 0.1) is 11.6 Å². The van der Waals surface area contributed by atoms with Gasteiger partial charge in [-0.15, -0.1) is 0 Å². The highest BCUT2D eigenvalue weighted by molar-refractivity contribution is 5.87. The summed E-state index contributed by atoms with van der Waals surface area (Å²) in [6.07, 6.45) is 6.12. The van der Waals surface area contributed by atoms with Crippen molar-refractivity contribution in [1.82, 2.24) is 14.7 Å². The van der Waals surface area contributed by atoms with Crippen molar-refractivity contribution in [2.24, 2.45) is 0 Å². The molecule has 2 amide bonds. The average molecular weight is 357 g/mol. The third kappa shape index (κ3) is 3.43. The number of nitrogens with zero attached hydrogens (tertiary/aromatic N) is 3. The van der Waals surface area contributed by atoms with Gasteiger partial charge in [0.25, 0.3) is 0 Å². The number of urea groups is 1.